The van der Waals surface area contributed by atoms with Gasteiger partial charge in [0.25, 0.3) is 5.91 Å². The normalized spacial score (nSPS) is 11.6. The van der Waals surface area contributed by atoms with E-state index in [0.717, 1.165) is 11.1 Å². The first-order chi connectivity index (χ1) is 13.3. The predicted molar refractivity (Wildman–Crippen MR) is 111 cm³/mol. The largest absolute Gasteiger partial charge is 0.350 e. The van der Waals surface area contributed by atoms with Crippen molar-refractivity contribution in [2.24, 2.45) is 5.41 Å². The summed E-state index contributed by atoms with van der Waals surface area (Å²) in [5.74, 6) is 1.29. The topological polar surface area (TPSA) is 72.7 Å². The Morgan fingerprint density at radius 1 is 1.14 bits per heavy atom. The Balaban J connectivity index is 1.87. The number of rotatable bonds is 5. The summed E-state index contributed by atoms with van der Waals surface area (Å²) in [6.45, 7) is 10.5. The van der Waals surface area contributed by atoms with Crippen LogP contribution in [0.3, 0.4) is 0 Å². The Morgan fingerprint density at radius 2 is 1.86 bits per heavy atom. The van der Waals surface area contributed by atoms with Crippen LogP contribution in [0.1, 0.15) is 56.5 Å². The van der Waals surface area contributed by atoms with Gasteiger partial charge in [0.2, 0.25) is 5.95 Å². The van der Waals surface area contributed by atoms with E-state index in [4.69, 9.17) is 0 Å². The molecule has 2 aromatic heterocycles. The molecule has 0 saturated heterocycles. The molecule has 1 N–H and O–H groups in total. The van der Waals surface area contributed by atoms with E-state index in [1.54, 1.807) is 12.4 Å². The molecule has 2 heterocycles. The number of pyridine rings is 1. The molecule has 1 aromatic carbocycles. The number of carbonyl (C=O) groups excluding carboxylic acids is 1. The monoisotopic (exact) mass is 377 g/mol. The van der Waals surface area contributed by atoms with Gasteiger partial charge in [-0.15, -0.1) is 5.10 Å². The van der Waals surface area contributed by atoms with E-state index in [2.05, 4.69) is 58.5 Å². The van der Waals surface area contributed by atoms with Crippen molar-refractivity contribution in [2.45, 2.75) is 47.1 Å². The fourth-order valence-corrected chi connectivity index (χ4v) is 2.70. The Hall–Kier alpha value is -3.02. The molecule has 0 aliphatic rings. The van der Waals surface area contributed by atoms with Crippen molar-refractivity contribution < 1.29 is 4.79 Å². The molecule has 0 saturated carbocycles. The molecule has 6 nitrogen and oxygen atoms in total. The smallest absolute Gasteiger partial charge is 0.255 e. The number of aromatic nitrogens is 4. The molecule has 0 unspecified atom stereocenters. The van der Waals surface area contributed by atoms with E-state index in [-0.39, 0.29) is 5.91 Å². The van der Waals surface area contributed by atoms with Gasteiger partial charge in [-0.25, -0.2) is 0 Å². The summed E-state index contributed by atoms with van der Waals surface area (Å²) in [5, 5.41) is 7.72. The number of nitrogens with one attached hydrogen (secondary N) is 1. The van der Waals surface area contributed by atoms with Crippen molar-refractivity contribution in [3.05, 3.63) is 59.9 Å². The number of hydrogen-bond acceptors (Lipinski definition) is 5. The van der Waals surface area contributed by atoms with Gasteiger partial charge in [0, 0.05) is 29.9 Å². The van der Waals surface area contributed by atoms with Crippen LogP contribution in [0.2, 0.25) is 0 Å². The third kappa shape index (κ3) is 4.44. The van der Waals surface area contributed by atoms with Crippen molar-refractivity contribution in [3.63, 3.8) is 0 Å². The minimum Gasteiger partial charge on any atom is -0.350 e. The summed E-state index contributed by atoms with van der Waals surface area (Å²) in [5.41, 5.74) is 2.61. The first kappa shape index (κ1) is 19.7. The molecule has 0 spiro atoms. The van der Waals surface area contributed by atoms with Crippen LogP contribution in [-0.4, -0.2) is 25.7 Å². The average Bonchev–Trinajstić information content (AvgIpc) is 3.10. The molecule has 3 aromatic rings. The lowest BCUT2D eigenvalue weighted by Gasteiger charge is -2.17. The first-order valence-corrected chi connectivity index (χ1v) is 9.50. The number of nitrogens with zero attached hydrogens (tertiary/aromatic N) is 4. The van der Waals surface area contributed by atoms with Gasteiger partial charge in [0.1, 0.15) is 0 Å². The molecule has 3 rings (SSSR count). The number of benzene rings is 1. The van der Waals surface area contributed by atoms with Crippen LogP contribution in [-0.2, 0) is 6.54 Å². The van der Waals surface area contributed by atoms with Gasteiger partial charge < -0.3 is 5.32 Å². The fraction of sp³-hybridized carbons (Fsp3) is 0.364. The zero-order chi connectivity index (χ0) is 20.3. The highest BCUT2D eigenvalue weighted by Gasteiger charge is 2.27. The van der Waals surface area contributed by atoms with Crippen LogP contribution < -0.4 is 5.32 Å². The summed E-state index contributed by atoms with van der Waals surface area (Å²) < 4.78 is 1.37. The minimum absolute atomic E-state index is 0.118. The summed E-state index contributed by atoms with van der Waals surface area (Å²) in [6.07, 6.45) is 3.39. The molecule has 0 aliphatic carbocycles. The molecule has 0 radical (unpaired) electrons. The van der Waals surface area contributed by atoms with Crippen LogP contribution in [0.25, 0.3) is 11.4 Å². The van der Waals surface area contributed by atoms with Gasteiger partial charge in [0.15, 0.2) is 5.82 Å². The molecular weight excluding hydrogens is 350 g/mol. The fourth-order valence-electron chi connectivity index (χ4n) is 2.70. The molecule has 6 heteroatoms. The van der Waals surface area contributed by atoms with Crippen molar-refractivity contribution in [3.8, 4) is 11.4 Å². The van der Waals surface area contributed by atoms with E-state index in [0.29, 0.717) is 24.2 Å². The van der Waals surface area contributed by atoms with E-state index < -0.39 is 5.41 Å². The molecule has 28 heavy (non-hydrogen) atoms. The highest BCUT2D eigenvalue weighted by molar-refractivity contribution is 5.86. The molecule has 0 amide bonds. The highest BCUT2D eigenvalue weighted by atomic mass is 16.2. The Kier molecular flexibility index (Phi) is 5.58. The van der Waals surface area contributed by atoms with E-state index in [1.165, 1.54) is 10.2 Å². The second kappa shape index (κ2) is 7.92. The van der Waals surface area contributed by atoms with E-state index in [9.17, 15) is 4.79 Å². The summed E-state index contributed by atoms with van der Waals surface area (Å²) in [4.78, 5) is 21.5. The third-order valence-electron chi connectivity index (χ3n) is 4.46. The van der Waals surface area contributed by atoms with E-state index in [1.807, 2.05) is 32.9 Å². The van der Waals surface area contributed by atoms with Crippen LogP contribution in [0.4, 0.5) is 5.95 Å². The summed E-state index contributed by atoms with van der Waals surface area (Å²) >= 11 is 0. The van der Waals surface area contributed by atoms with Gasteiger partial charge in [0.05, 0.1) is 0 Å². The van der Waals surface area contributed by atoms with Crippen molar-refractivity contribution in [1.29, 1.82) is 0 Å². The molecule has 146 valence electrons. The zero-order valence-corrected chi connectivity index (χ0v) is 17.1. The van der Waals surface area contributed by atoms with Gasteiger partial charge in [-0.1, -0.05) is 58.9 Å². The SMILES string of the molecule is CC(C)c1ccc(CNc2nc(-c3cccnc3)nn2C(=O)C(C)(C)C)cc1. The van der Waals surface area contributed by atoms with Crippen LogP contribution in [0.5, 0.6) is 0 Å². The van der Waals surface area contributed by atoms with Crippen LogP contribution in [0, 0.1) is 5.41 Å². The van der Waals surface area contributed by atoms with Gasteiger partial charge in [-0.2, -0.15) is 9.67 Å². The van der Waals surface area contributed by atoms with Crippen molar-refractivity contribution >= 4 is 11.9 Å². The lowest BCUT2D eigenvalue weighted by atomic mass is 9.96. The molecule has 0 atom stereocenters. The third-order valence-corrected chi connectivity index (χ3v) is 4.46. The quantitative estimate of drug-likeness (QED) is 0.694. The maximum Gasteiger partial charge on any atom is 0.255 e. The van der Waals surface area contributed by atoms with Crippen molar-refractivity contribution in [1.82, 2.24) is 19.7 Å². The zero-order valence-electron chi connectivity index (χ0n) is 17.1. The van der Waals surface area contributed by atoms with Crippen molar-refractivity contribution in [2.75, 3.05) is 5.32 Å². The second-order valence-corrected chi connectivity index (χ2v) is 8.22. The number of anilines is 1. The highest BCUT2D eigenvalue weighted by Crippen LogP contribution is 2.23. The molecular formula is C22H27N5O. The van der Waals surface area contributed by atoms with Crippen LogP contribution >= 0.6 is 0 Å². The van der Waals surface area contributed by atoms with Gasteiger partial charge >= 0.3 is 0 Å². The Bertz CT molecular complexity index is 937. The lowest BCUT2D eigenvalue weighted by molar-refractivity contribution is 0.0752. The lowest BCUT2D eigenvalue weighted by Crippen LogP contribution is -2.29. The second-order valence-electron chi connectivity index (χ2n) is 8.22. The van der Waals surface area contributed by atoms with E-state index >= 15 is 0 Å². The average molecular weight is 377 g/mol. The molecule has 0 bridgehead atoms. The Morgan fingerprint density at radius 3 is 2.43 bits per heavy atom. The Labute approximate surface area is 166 Å². The number of carbonyl (C=O) groups is 1. The summed E-state index contributed by atoms with van der Waals surface area (Å²) in [6, 6.07) is 12.2. The standard InChI is InChI=1S/C22H27N5O/c1-15(2)17-10-8-16(9-11-17)13-24-21-25-19(18-7-6-12-23-14-18)26-27(21)20(28)22(3,4)5/h6-12,14-15H,13H2,1-5H3,(H,24,25,26). The summed E-state index contributed by atoms with van der Waals surface area (Å²) in [7, 11) is 0. The minimum atomic E-state index is -0.574. The van der Waals surface area contributed by atoms with Gasteiger partial charge in [-0.3, -0.25) is 9.78 Å². The predicted octanol–water partition coefficient (Wildman–Crippen LogP) is 4.76. The maximum absolute atomic E-state index is 12.9. The van der Waals surface area contributed by atoms with Crippen LogP contribution in [0.15, 0.2) is 48.8 Å². The first-order valence-electron chi connectivity index (χ1n) is 9.50. The van der Waals surface area contributed by atoms with Gasteiger partial charge in [-0.05, 0) is 29.2 Å². The molecule has 0 fully saturated rings. The number of hydrogen-bond donors (Lipinski definition) is 1. The molecule has 0 aliphatic heterocycles. The maximum atomic E-state index is 12.9.